The van der Waals surface area contributed by atoms with E-state index in [4.69, 9.17) is 16.3 Å². The van der Waals surface area contributed by atoms with E-state index in [1.165, 1.54) is 6.20 Å². The summed E-state index contributed by atoms with van der Waals surface area (Å²) < 4.78 is 5.41. The third kappa shape index (κ3) is 2.54. The molecular formula is C8H7ClINO2. The van der Waals surface area contributed by atoms with E-state index in [0.29, 0.717) is 20.9 Å². The molecule has 70 valence electrons. The molecular weight excluding hydrogens is 304 g/mol. The van der Waals surface area contributed by atoms with Gasteiger partial charge in [-0.05, 0) is 35.6 Å². The van der Waals surface area contributed by atoms with E-state index in [9.17, 15) is 4.79 Å². The molecule has 0 aliphatic carbocycles. The van der Waals surface area contributed by atoms with Crippen LogP contribution in [0.25, 0.3) is 0 Å². The Bertz CT molecular complexity index is 330. The van der Waals surface area contributed by atoms with Gasteiger partial charge in [0.25, 0.3) is 0 Å². The Labute approximate surface area is 94.6 Å². The Morgan fingerprint density at radius 3 is 3.08 bits per heavy atom. The number of hydrogen-bond donors (Lipinski definition) is 0. The lowest BCUT2D eigenvalue weighted by Gasteiger charge is -2.03. The minimum absolute atomic E-state index is 0.341. The summed E-state index contributed by atoms with van der Waals surface area (Å²) >= 11 is 7.81. The Morgan fingerprint density at radius 1 is 1.77 bits per heavy atom. The fraction of sp³-hybridized carbons (Fsp3) is 0.250. The van der Waals surface area contributed by atoms with Crippen molar-refractivity contribution >= 4 is 40.2 Å². The number of hydrogen-bond acceptors (Lipinski definition) is 3. The summed E-state index contributed by atoms with van der Waals surface area (Å²) in [4.78, 5) is 15.2. The maximum atomic E-state index is 11.3. The first-order chi connectivity index (χ1) is 6.16. The number of ether oxygens (including phenoxy) is 1. The maximum absolute atomic E-state index is 11.3. The highest BCUT2D eigenvalue weighted by Gasteiger charge is 2.13. The number of esters is 1. The second-order valence-electron chi connectivity index (χ2n) is 2.18. The van der Waals surface area contributed by atoms with Gasteiger partial charge in [-0.2, -0.15) is 0 Å². The van der Waals surface area contributed by atoms with Crippen molar-refractivity contribution in [3.05, 3.63) is 26.5 Å². The van der Waals surface area contributed by atoms with E-state index in [1.807, 2.05) is 22.6 Å². The van der Waals surface area contributed by atoms with E-state index >= 15 is 0 Å². The Hall–Kier alpha value is -0.360. The van der Waals surface area contributed by atoms with E-state index < -0.39 is 5.97 Å². The number of rotatable bonds is 2. The average molecular weight is 312 g/mol. The molecule has 0 atom stereocenters. The molecule has 0 aromatic carbocycles. The molecule has 0 spiro atoms. The molecule has 1 heterocycles. The van der Waals surface area contributed by atoms with Crippen LogP contribution in [0.3, 0.4) is 0 Å². The van der Waals surface area contributed by atoms with Gasteiger partial charge in [-0.15, -0.1) is 0 Å². The molecule has 13 heavy (non-hydrogen) atoms. The highest BCUT2D eigenvalue weighted by Crippen LogP contribution is 2.21. The fourth-order valence-electron chi connectivity index (χ4n) is 0.785. The van der Waals surface area contributed by atoms with Crippen LogP contribution in [0.15, 0.2) is 12.3 Å². The normalized spacial score (nSPS) is 9.77. The largest absolute Gasteiger partial charge is 0.462 e. The number of halogens is 2. The van der Waals surface area contributed by atoms with Crippen molar-refractivity contribution in [2.45, 2.75) is 6.92 Å². The van der Waals surface area contributed by atoms with Gasteiger partial charge in [0.1, 0.15) is 3.70 Å². The van der Waals surface area contributed by atoms with Gasteiger partial charge in [-0.25, -0.2) is 9.78 Å². The minimum atomic E-state index is -0.409. The first-order valence-electron chi connectivity index (χ1n) is 3.64. The summed E-state index contributed by atoms with van der Waals surface area (Å²) in [6.45, 7) is 2.09. The van der Waals surface area contributed by atoms with Crippen molar-refractivity contribution in [3.8, 4) is 0 Å². The molecule has 0 bridgehead atoms. The number of carbonyl (C=O) groups excluding carboxylic acids is 1. The zero-order valence-electron chi connectivity index (χ0n) is 6.88. The molecule has 0 fully saturated rings. The molecule has 5 heteroatoms. The lowest BCUT2D eigenvalue weighted by molar-refractivity contribution is 0.0526. The maximum Gasteiger partial charge on any atom is 0.339 e. The van der Waals surface area contributed by atoms with Crippen LogP contribution in [0.1, 0.15) is 17.3 Å². The monoisotopic (exact) mass is 311 g/mol. The molecule has 0 aliphatic heterocycles. The Kier molecular flexibility index (Phi) is 3.92. The molecule has 0 unspecified atom stereocenters. The van der Waals surface area contributed by atoms with Gasteiger partial charge in [0, 0.05) is 6.20 Å². The minimum Gasteiger partial charge on any atom is -0.462 e. The van der Waals surface area contributed by atoms with Crippen LogP contribution in [-0.4, -0.2) is 17.6 Å². The SMILES string of the molecule is CCOC(=O)c1ccnc(I)c1Cl. The van der Waals surface area contributed by atoms with Gasteiger partial charge in [-0.1, -0.05) is 11.6 Å². The van der Waals surface area contributed by atoms with Crippen LogP contribution in [0.5, 0.6) is 0 Å². The second-order valence-corrected chi connectivity index (χ2v) is 3.58. The number of nitrogens with zero attached hydrogens (tertiary/aromatic N) is 1. The number of aromatic nitrogens is 1. The van der Waals surface area contributed by atoms with Gasteiger partial charge >= 0.3 is 5.97 Å². The Morgan fingerprint density at radius 2 is 2.46 bits per heavy atom. The molecule has 1 rings (SSSR count). The number of pyridine rings is 1. The summed E-state index contributed by atoms with van der Waals surface area (Å²) in [5.74, 6) is -0.409. The predicted octanol–water partition coefficient (Wildman–Crippen LogP) is 2.52. The van der Waals surface area contributed by atoms with Gasteiger partial charge in [-0.3, -0.25) is 0 Å². The molecule has 0 amide bonds. The summed E-state index contributed by atoms with van der Waals surface area (Å²) in [5.41, 5.74) is 0.364. The van der Waals surface area contributed by atoms with Crippen LogP contribution in [0.2, 0.25) is 5.02 Å². The van der Waals surface area contributed by atoms with Gasteiger partial charge in [0.05, 0.1) is 17.2 Å². The lowest BCUT2D eigenvalue weighted by Crippen LogP contribution is -2.06. The Balaban J connectivity index is 3.01. The highest BCUT2D eigenvalue weighted by molar-refractivity contribution is 14.1. The van der Waals surface area contributed by atoms with Crippen LogP contribution >= 0.6 is 34.2 Å². The first-order valence-corrected chi connectivity index (χ1v) is 5.09. The lowest BCUT2D eigenvalue weighted by atomic mass is 10.3. The average Bonchev–Trinajstić information content (AvgIpc) is 2.10. The first kappa shape index (κ1) is 10.7. The second kappa shape index (κ2) is 4.76. The quantitative estimate of drug-likeness (QED) is 0.479. The van der Waals surface area contributed by atoms with Crippen molar-refractivity contribution in [2.24, 2.45) is 0 Å². The molecule has 1 aromatic heterocycles. The molecule has 0 radical (unpaired) electrons. The molecule has 0 saturated heterocycles. The van der Waals surface area contributed by atoms with Crippen LogP contribution in [0.4, 0.5) is 0 Å². The predicted molar refractivity (Wildman–Crippen MR) is 57.9 cm³/mol. The van der Waals surface area contributed by atoms with Gasteiger partial charge in [0.2, 0.25) is 0 Å². The smallest absolute Gasteiger partial charge is 0.339 e. The molecule has 0 aliphatic rings. The third-order valence-corrected chi connectivity index (χ3v) is 2.86. The van der Waals surface area contributed by atoms with Crippen molar-refractivity contribution < 1.29 is 9.53 Å². The highest BCUT2D eigenvalue weighted by atomic mass is 127. The van der Waals surface area contributed by atoms with E-state index in [1.54, 1.807) is 13.0 Å². The van der Waals surface area contributed by atoms with E-state index in [2.05, 4.69) is 4.98 Å². The van der Waals surface area contributed by atoms with Crippen LogP contribution < -0.4 is 0 Å². The van der Waals surface area contributed by atoms with Crippen molar-refractivity contribution in [3.63, 3.8) is 0 Å². The van der Waals surface area contributed by atoms with E-state index in [-0.39, 0.29) is 0 Å². The van der Waals surface area contributed by atoms with E-state index in [0.717, 1.165) is 0 Å². The zero-order valence-corrected chi connectivity index (χ0v) is 9.79. The standard InChI is InChI=1S/C8H7ClINO2/c1-2-13-8(12)5-3-4-11-7(10)6(5)9/h3-4H,2H2,1H3. The summed E-state index contributed by atoms with van der Waals surface area (Å²) in [5, 5.41) is 0.349. The van der Waals surface area contributed by atoms with Gasteiger partial charge in [0.15, 0.2) is 0 Å². The van der Waals surface area contributed by atoms with Crippen molar-refractivity contribution in [1.29, 1.82) is 0 Å². The summed E-state index contributed by atoms with van der Waals surface area (Å²) in [7, 11) is 0. The topological polar surface area (TPSA) is 39.2 Å². The summed E-state index contributed by atoms with van der Waals surface area (Å²) in [6.07, 6.45) is 1.53. The fourth-order valence-corrected chi connectivity index (χ4v) is 1.42. The zero-order chi connectivity index (χ0) is 9.84. The summed E-state index contributed by atoms with van der Waals surface area (Å²) in [6, 6.07) is 1.54. The molecule has 0 saturated carbocycles. The van der Waals surface area contributed by atoms with Crippen LogP contribution in [0, 0.1) is 3.70 Å². The third-order valence-electron chi connectivity index (χ3n) is 1.34. The molecule has 3 nitrogen and oxygen atoms in total. The van der Waals surface area contributed by atoms with Crippen LogP contribution in [-0.2, 0) is 4.74 Å². The van der Waals surface area contributed by atoms with Gasteiger partial charge < -0.3 is 4.74 Å². The van der Waals surface area contributed by atoms with Crippen molar-refractivity contribution in [1.82, 2.24) is 4.98 Å². The number of carbonyl (C=O) groups is 1. The molecule has 1 aromatic rings. The molecule has 0 N–H and O–H groups in total. The van der Waals surface area contributed by atoms with Crippen molar-refractivity contribution in [2.75, 3.05) is 6.61 Å².